The van der Waals surface area contributed by atoms with Gasteiger partial charge >= 0.3 is 0 Å². The van der Waals surface area contributed by atoms with Gasteiger partial charge in [-0.1, -0.05) is 23.7 Å². The van der Waals surface area contributed by atoms with Crippen molar-refractivity contribution in [1.29, 1.82) is 0 Å². The van der Waals surface area contributed by atoms with Gasteiger partial charge < -0.3 is 4.90 Å². The summed E-state index contributed by atoms with van der Waals surface area (Å²) in [5, 5.41) is 0.174. The van der Waals surface area contributed by atoms with Gasteiger partial charge in [-0.3, -0.25) is 4.79 Å². The van der Waals surface area contributed by atoms with E-state index in [0.29, 0.717) is 19.5 Å². The van der Waals surface area contributed by atoms with Crippen molar-refractivity contribution in [1.82, 2.24) is 9.21 Å². The maximum Gasteiger partial charge on any atom is 0.244 e. The molecule has 0 bridgehead atoms. The van der Waals surface area contributed by atoms with Gasteiger partial charge in [-0.2, -0.15) is 4.31 Å². The van der Waals surface area contributed by atoms with Gasteiger partial charge in [-0.25, -0.2) is 16.8 Å². The molecule has 2 saturated heterocycles. The fourth-order valence-electron chi connectivity index (χ4n) is 3.38. The van der Waals surface area contributed by atoms with Crippen LogP contribution in [0.5, 0.6) is 0 Å². The minimum Gasteiger partial charge on any atom is -0.340 e. The van der Waals surface area contributed by atoms with Crippen molar-refractivity contribution in [3.05, 3.63) is 29.3 Å². The standard InChI is InChI=1S/C16H21ClN2O5S2/c17-14-3-1-2-4-15(14)26(23,24)19-8-6-18(7-9-19)16(20)11-13-5-10-25(21,22)12-13/h1-4,13H,5-12H2/t13-/m0/s1. The molecule has 0 saturated carbocycles. The lowest BCUT2D eigenvalue weighted by Crippen LogP contribution is -2.50. The van der Waals surface area contributed by atoms with Crippen LogP contribution in [0.2, 0.25) is 5.02 Å². The molecule has 0 spiro atoms. The van der Waals surface area contributed by atoms with Crippen LogP contribution < -0.4 is 0 Å². The van der Waals surface area contributed by atoms with Gasteiger partial charge in [-0.15, -0.1) is 0 Å². The molecular weight excluding hydrogens is 400 g/mol. The smallest absolute Gasteiger partial charge is 0.244 e. The Balaban J connectivity index is 1.59. The van der Waals surface area contributed by atoms with Gasteiger partial charge in [0, 0.05) is 32.6 Å². The number of sulfone groups is 1. The molecule has 3 rings (SSSR count). The third kappa shape index (κ3) is 4.21. The Morgan fingerprint density at radius 3 is 2.38 bits per heavy atom. The molecule has 1 aromatic rings. The largest absolute Gasteiger partial charge is 0.340 e. The minimum absolute atomic E-state index is 0.0672. The number of hydrogen-bond acceptors (Lipinski definition) is 5. The van der Waals surface area contributed by atoms with Crippen molar-refractivity contribution < 1.29 is 21.6 Å². The molecule has 0 unspecified atom stereocenters. The summed E-state index contributed by atoms with van der Waals surface area (Å²) in [4.78, 5) is 14.1. The highest BCUT2D eigenvalue weighted by Gasteiger charge is 2.34. The summed E-state index contributed by atoms with van der Waals surface area (Å²) in [5.41, 5.74) is 0. The highest BCUT2D eigenvalue weighted by Crippen LogP contribution is 2.26. The predicted molar refractivity (Wildman–Crippen MR) is 98.2 cm³/mol. The second-order valence-electron chi connectivity index (χ2n) is 6.69. The van der Waals surface area contributed by atoms with Gasteiger partial charge in [0.25, 0.3) is 0 Å². The minimum atomic E-state index is -3.70. The SMILES string of the molecule is O=C(C[C@@H]1CCS(=O)(=O)C1)N1CCN(S(=O)(=O)c2ccccc2Cl)CC1. The van der Waals surface area contributed by atoms with Crippen molar-refractivity contribution >= 4 is 37.4 Å². The first-order chi connectivity index (χ1) is 12.2. The lowest BCUT2D eigenvalue weighted by Gasteiger charge is -2.34. The zero-order valence-corrected chi connectivity index (χ0v) is 16.6. The molecule has 7 nitrogen and oxygen atoms in total. The van der Waals surface area contributed by atoms with Crippen LogP contribution in [0.25, 0.3) is 0 Å². The van der Waals surface area contributed by atoms with Crippen molar-refractivity contribution in [2.75, 3.05) is 37.7 Å². The number of carbonyl (C=O) groups is 1. The number of nitrogens with zero attached hydrogens (tertiary/aromatic N) is 2. The van der Waals surface area contributed by atoms with Crippen LogP contribution in [0.3, 0.4) is 0 Å². The second kappa shape index (κ2) is 7.46. The third-order valence-electron chi connectivity index (χ3n) is 4.84. The number of carbonyl (C=O) groups excluding carboxylic acids is 1. The number of sulfonamides is 1. The summed E-state index contributed by atoms with van der Waals surface area (Å²) in [7, 11) is -6.70. The zero-order chi connectivity index (χ0) is 18.9. The van der Waals surface area contributed by atoms with Crippen LogP contribution in [0.15, 0.2) is 29.2 Å². The molecule has 1 aromatic carbocycles. The van der Waals surface area contributed by atoms with Crippen LogP contribution >= 0.6 is 11.6 Å². The number of halogens is 1. The highest BCUT2D eigenvalue weighted by molar-refractivity contribution is 7.91. The Hall–Kier alpha value is -1.16. The fraction of sp³-hybridized carbons (Fsp3) is 0.562. The summed E-state index contributed by atoms with van der Waals surface area (Å²) < 4.78 is 49.8. The maximum atomic E-state index is 12.7. The zero-order valence-electron chi connectivity index (χ0n) is 14.2. The topological polar surface area (TPSA) is 91.8 Å². The molecule has 10 heteroatoms. The van der Waals surface area contributed by atoms with Crippen LogP contribution in [0, 0.1) is 5.92 Å². The first-order valence-corrected chi connectivity index (χ1v) is 12.1. The molecular formula is C16H21ClN2O5S2. The van der Waals surface area contributed by atoms with Gasteiger partial charge in [0.05, 0.1) is 16.5 Å². The Morgan fingerprint density at radius 1 is 1.15 bits per heavy atom. The fourth-order valence-corrected chi connectivity index (χ4v) is 7.16. The van der Waals surface area contributed by atoms with Gasteiger partial charge in [-0.05, 0) is 24.5 Å². The number of piperazine rings is 1. The second-order valence-corrected chi connectivity index (χ2v) is 11.2. The summed E-state index contributed by atoms with van der Waals surface area (Å²) in [6, 6.07) is 6.29. The van der Waals surface area contributed by atoms with Crippen molar-refractivity contribution in [2.45, 2.75) is 17.7 Å². The van der Waals surface area contributed by atoms with E-state index >= 15 is 0 Å². The molecule has 26 heavy (non-hydrogen) atoms. The first kappa shape index (κ1) is 19.6. The summed E-state index contributed by atoms with van der Waals surface area (Å²) in [5.74, 6) is -0.0201. The molecule has 0 N–H and O–H groups in total. The van der Waals surface area contributed by atoms with E-state index in [0.717, 1.165) is 0 Å². The molecule has 2 aliphatic heterocycles. The molecule has 1 amide bonds. The summed E-state index contributed by atoms with van der Waals surface area (Å²) >= 11 is 6.01. The van der Waals surface area contributed by atoms with E-state index in [1.807, 2.05) is 0 Å². The molecule has 2 aliphatic rings. The van der Waals surface area contributed by atoms with Gasteiger partial charge in [0.1, 0.15) is 4.90 Å². The quantitative estimate of drug-likeness (QED) is 0.724. The molecule has 144 valence electrons. The Morgan fingerprint density at radius 2 is 1.81 bits per heavy atom. The average Bonchev–Trinajstić information content (AvgIpc) is 2.93. The van der Waals surface area contributed by atoms with E-state index in [9.17, 15) is 21.6 Å². The lowest BCUT2D eigenvalue weighted by molar-refractivity contribution is -0.133. The van der Waals surface area contributed by atoms with Crippen LogP contribution in [0.4, 0.5) is 0 Å². The van der Waals surface area contributed by atoms with Gasteiger partial charge in [0.2, 0.25) is 15.9 Å². The number of hydrogen-bond donors (Lipinski definition) is 0. The molecule has 0 aromatic heterocycles. The Kier molecular flexibility index (Phi) is 5.62. The third-order valence-corrected chi connectivity index (χ3v) is 9.07. The van der Waals surface area contributed by atoms with Crippen molar-refractivity contribution in [3.63, 3.8) is 0 Å². The monoisotopic (exact) mass is 420 g/mol. The number of amides is 1. The molecule has 0 aliphatic carbocycles. The van der Waals surface area contributed by atoms with Crippen LogP contribution in [-0.2, 0) is 24.7 Å². The maximum absolute atomic E-state index is 12.7. The first-order valence-electron chi connectivity index (χ1n) is 8.42. The summed E-state index contributed by atoms with van der Waals surface area (Å²) in [6.45, 7) is 0.981. The van der Waals surface area contributed by atoms with Crippen molar-refractivity contribution in [3.8, 4) is 0 Å². The van der Waals surface area contributed by atoms with Crippen LogP contribution in [0.1, 0.15) is 12.8 Å². The van der Waals surface area contributed by atoms with Crippen molar-refractivity contribution in [2.24, 2.45) is 5.92 Å². The van der Waals surface area contributed by atoms with E-state index in [-0.39, 0.29) is 52.8 Å². The predicted octanol–water partition coefficient (Wildman–Crippen LogP) is 0.998. The normalized spacial score (nSPS) is 23.9. The van der Waals surface area contributed by atoms with E-state index in [1.165, 1.54) is 16.4 Å². The highest BCUT2D eigenvalue weighted by atomic mass is 35.5. The van der Waals surface area contributed by atoms with Crippen LogP contribution in [-0.4, -0.2) is 69.6 Å². The molecule has 2 fully saturated rings. The van der Waals surface area contributed by atoms with E-state index in [2.05, 4.69) is 0 Å². The van der Waals surface area contributed by atoms with E-state index in [1.54, 1.807) is 17.0 Å². The Bertz CT molecular complexity index is 893. The van der Waals surface area contributed by atoms with Gasteiger partial charge in [0.15, 0.2) is 9.84 Å². The molecule has 2 heterocycles. The van der Waals surface area contributed by atoms with E-state index in [4.69, 9.17) is 11.6 Å². The molecule has 1 atom stereocenters. The molecule has 0 radical (unpaired) electrons. The van der Waals surface area contributed by atoms with E-state index < -0.39 is 19.9 Å². The lowest BCUT2D eigenvalue weighted by atomic mass is 10.0. The summed E-state index contributed by atoms with van der Waals surface area (Å²) in [6.07, 6.45) is 0.728. The number of benzene rings is 1. The average molecular weight is 421 g/mol. The number of rotatable bonds is 4. The Labute approximate surface area is 158 Å².